The predicted octanol–water partition coefficient (Wildman–Crippen LogP) is 1.53. The molecule has 1 aromatic heterocycles. The van der Waals surface area contributed by atoms with Crippen LogP contribution >= 0.6 is 0 Å². The van der Waals surface area contributed by atoms with Crippen molar-refractivity contribution in [2.24, 2.45) is 18.7 Å². The second kappa shape index (κ2) is 8.69. The minimum absolute atomic E-state index is 0.0596. The Bertz CT molecular complexity index is 862. The zero-order chi connectivity index (χ0) is 20.1. The lowest BCUT2D eigenvalue weighted by atomic mass is 9.97. The van der Waals surface area contributed by atoms with Gasteiger partial charge in [-0.1, -0.05) is 30.3 Å². The molecule has 0 spiro atoms. The molecule has 0 bridgehead atoms. The fourth-order valence-electron chi connectivity index (χ4n) is 3.40. The van der Waals surface area contributed by atoms with Crippen molar-refractivity contribution in [3.05, 3.63) is 36.5 Å². The second-order valence-electron chi connectivity index (χ2n) is 7.02. The molecule has 1 unspecified atom stereocenters. The maximum absolute atomic E-state index is 12.4. The molecule has 28 heavy (non-hydrogen) atoms. The third-order valence-corrected chi connectivity index (χ3v) is 5.05. The predicted molar refractivity (Wildman–Crippen MR) is 105 cm³/mol. The quantitative estimate of drug-likeness (QED) is 0.788. The van der Waals surface area contributed by atoms with E-state index in [2.05, 4.69) is 10.3 Å². The number of imidazole rings is 1. The minimum Gasteiger partial charge on any atom is -0.369 e. The lowest BCUT2D eigenvalue weighted by molar-refractivity contribution is -0.136. The molecule has 8 nitrogen and oxygen atoms in total. The van der Waals surface area contributed by atoms with Gasteiger partial charge in [0.05, 0.1) is 17.8 Å². The van der Waals surface area contributed by atoms with Crippen LogP contribution in [0.5, 0.6) is 0 Å². The fourth-order valence-corrected chi connectivity index (χ4v) is 3.40. The van der Waals surface area contributed by atoms with Gasteiger partial charge in [-0.15, -0.1) is 0 Å². The summed E-state index contributed by atoms with van der Waals surface area (Å²) in [5.41, 5.74) is 7.23. The first-order chi connectivity index (χ1) is 13.5. The molecule has 2 heterocycles. The van der Waals surface area contributed by atoms with Gasteiger partial charge < -0.3 is 15.2 Å². The Kier molecular flexibility index (Phi) is 6.08. The van der Waals surface area contributed by atoms with Crippen LogP contribution in [0, 0.1) is 5.92 Å². The molecule has 148 valence electrons. The molecule has 3 N–H and O–H groups in total. The van der Waals surface area contributed by atoms with Crippen LogP contribution in [-0.4, -0.2) is 45.3 Å². The monoisotopic (exact) mass is 383 g/mol. The summed E-state index contributed by atoms with van der Waals surface area (Å²) < 4.78 is 1.80. The number of hydrogen-bond acceptors (Lipinski definition) is 4. The summed E-state index contributed by atoms with van der Waals surface area (Å²) in [5, 5.41) is 2.75. The normalized spacial score (nSPS) is 16.6. The van der Waals surface area contributed by atoms with E-state index in [1.807, 2.05) is 37.4 Å². The zero-order valence-electron chi connectivity index (χ0n) is 15.9. The van der Waals surface area contributed by atoms with Crippen LogP contribution in [0.15, 0.2) is 36.5 Å². The molecule has 3 rings (SSSR count). The fraction of sp³-hybridized carbons (Fsp3) is 0.400. The highest BCUT2D eigenvalue weighted by Crippen LogP contribution is 2.22. The molecular weight excluding hydrogens is 358 g/mol. The number of benzene rings is 1. The number of aromatic nitrogens is 2. The summed E-state index contributed by atoms with van der Waals surface area (Å²) in [5.74, 6) is -0.645. The number of primary amides is 1. The van der Waals surface area contributed by atoms with E-state index in [1.54, 1.807) is 15.7 Å². The van der Waals surface area contributed by atoms with E-state index >= 15 is 0 Å². The van der Waals surface area contributed by atoms with Crippen LogP contribution in [0.4, 0.5) is 5.95 Å². The SMILES string of the molecule is Cn1c(-c2ccccc2)cnc1NC(=O)CCC(=O)N1CCCC(C(N)=O)C1. The molecule has 1 aliphatic rings. The Labute approximate surface area is 163 Å². The molecule has 0 saturated carbocycles. The molecule has 2 aromatic rings. The summed E-state index contributed by atoms with van der Waals surface area (Å²) in [7, 11) is 1.83. The van der Waals surface area contributed by atoms with Crippen molar-refractivity contribution in [3.8, 4) is 11.3 Å². The van der Waals surface area contributed by atoms with Gasteiger partial charge in [0.25, 0.3) is 0 Å². The van der Waals surface area contributed by atoms with Crippen molar-refractivity contribution < 1.29 is 14.4 Å². The van der Waals surface area contributed by atoms with Crippen LogP contribution in [0.1, 0.15) is 25.7 Å². The van der Waals surface area contributed by atoms with Gasteiger partial charge in [0, 0.05) is 33.0 Å². The van der Waals surface area contributed by atoms with Crippen LogP contribution in [0.25, 0.3) is 11.3 Å². The highest BCUT2D eigenvalue weighted by atomic mass is 16.2. The number of hydrogen-bond donors (Lipinski definition) is 2. The van der Waals surface area contributed by atoms with Gasteiger partial charge in [-0.3, -0.25) is 19.7 Å². The summed E-state index contributed by atoms with van der Waals surface area (Å²) in [6, 6.07) is 9.76. The highest BCUT2D eigenvalue weighted by molar-refractivity contribution is 5.92. The Balaban J connectivity index is 1.53. The molecule has 1 fully saturated rings. The average Bonchev–Trinajstić information content (AvgIpc) is 3.07. The van der Waals surface area contributed by atoms with E-state index in [0.717, 1.165) is 17.7 Å². The Hall–Kier alpha value is -3.16. The van der Waals surface area contributed by atoms with E-state index in [0.29, 0.717) is 25.5 Å². The topological polar surface area (TPSA) is 110 Å². The third kappa shape index (κ3) is 4.57. The van der Waals surface area contributed by atoms with Gasteiger partial charge in [0.2, 0.25) is 23.7 Å². The number of carbonyl (C=O) groups is 3. The summed E-state index contributed by atoms with van der Waals surface area (Å²) in [6.07, 6.45) is 3.31. The van der Waals surface area contributed by atoms with Gasteiger partial charge in [0.1, 0.15) is 0 Å². The van der Waals surface area contributed by atoms with E-state index in [-0.39, 0.29) is 36.5 Å². The smallest absolute Gasteiger partial charge is 0.227 e. The number of nitrogens with one attached hydrogen (secondary N) is 1. The van der Waals surface area contributed by atoms with Gasteiger partial charge in [-0.2, -0.15) is 0 Å². The van der Waals surface area contributed by atoms with Gasteiger partial charge in [-0.05, 0) is 18.4 Å². The molecule has 8 heteroatoms. The standard InChI is InChI=1S/C20H25N5O3/c1-24-16(14-6-3-2-4-7-14)12-22-20(24)23-17(26)9-10-18(27)25-11-5-8-15(13-25)19(21)28/h2-4,6-7,12,15H,5,8-11,13H2,1H3,(H2,21,28)(H,22,23,26). The molecule has 0 aliphatic carbocycles. The van der Waals surface area contributed by atoms with Crippen LogP contribution < -0.4 is 11.1 Å². The van der Waals surface area contributed by atoms with E-state index in [9.17, 15) is 14.4 Å². The largest absolute Gasteiger partial charge is 0.369 e. The molecule has 1 saturated heterocycles. The van der Waals surface area contributed by atoms with Crippen molar-refractivity contribution >= 4 is 23.7 Å². The maximum Gasteiger partial charge on any atom is 0.227 e. The van der Waals surface area contributed by atoms with E-state index in [1.165, 1.54) is 0 Å². The molecule has 1 aromatic carbocycles. The maximum atomic E-state index is 12.4. The molecule has 1 aliphatic heterocycles. The summed E-state index contributed by atoms with van der Waals surface area (Å²) in [4.78, 5) is 41.8. The first-order valence-electron chi connectivity index (χ1n) is 9.39. The molecule has 0 radical (unpaired) electrons. The van der Waals surface area contributed by atoms with Crippen molar-refractivity contribution in [1.82, 2.24) is 14.5 Å². The number of nitrogens with zero attached hydrogens (tertiary/aromatic N) is 3. The van der Waals surface area contributed by atoms with Crippen molar-refractivity contribution in [1.29, 1.82) is 0 Å². The average molecular weight is 383 g/mol. The Morgan fingerprint density at radius 3 is 2.68 bits per heavy atom. The summed E-state index contributed by atoms with van der Waals surface area (Å²) in [6.45, 7) is 0.944. The molecule has 3 amide bonds. The summed E-state index contributed by atoms with van der Waals surface area (Å²) >= 11 is 0. The van der Waals surface area contributed by atoms with Crippen LogP contribution in [0.3, 0.4) is 0 Å². The van der Waals surface area contributed by atoms with Gasteiger partial charge >= 0.3 is 0 Å². The van der Waals surface area contributed by atoms with E-state index < -0.39 is 0 Å². The van der Waals surface area contributed by atoms with Gasteiger partial charge in [-0.25, -0.2) is 4.98 Å². The van der Waals surface area contributed by atoms with Crippen LogP contribution in [-0.2, 0) is 21.4 Å². The zero-order valence-corrected chi connectivity index (χ0v) is 15.9. The van der Waals surface area contributed by atoms with Crippen molar-refractivity contribution in [3.63, 3.8) is 0 Å². The second-order valence-corrected chi connectivity index (χ2v) is 7.02. The minimum atomic E-state index is -0.376. The van der Waals surface area contributed by atoms with Crippen LogP contribution in [0.2, 0.25) is 0 Å². The Morgan fingerprint density at radius 1 is 1.21 bits per heavy atom. The highest BCUT2D eigenvalue weighted by Gasteiger charge is 2.27. The Morgan fingerprint density at radius 2 is 1.96 bits per heavy atom. The number of amides is 3. The van der Waals surface area contributed by atoms with Crippen molar-refractivity contribution in [2.75, 3.05) is 18.4 Å². The number of carbonyl (C=O) groups excluding carboxylic acids is 3. The lowest BCUT2D eigenvalue weighted by Gasteiger charge is -2.31. The first kappa shape index (κ1) is 19.6. The van der Waals surface area contributed by atoms with E-state index in [4.69, 9.17) is 5.73 Å². The number of nitrogens with two attached hydrogens (primary N) is 1. The number of rotatable bonds is 6. The number of anilines is 1. The first-order valence-corrected chi connectivity index (χ1v) is 9.39. The van der Waals surface area contributed by atoms with Gasteiger partial charge in [0.15, 0.2) is 0 Å². The number of likely N-dealkylation sites (tertiary alicyclic amines) is 1. The molecule has 1 atom stereocenters. The lowest BCUT2D eigenvalue weighted by Crippen LogP contribution is -2.44. The van der Waals surface area contributed by atoms with Crippen molar-refractivity contribution in [2.45, 2.75) is 25.7 Å². The molecular formula is C20H25N5O3. The number of piperidine rings is 1. The third-order valence-electron chi connectivity index (χ3n) is 5.05.